The maximum Gasteiger partial charge on any atom is 0.108 e. The number of anilines is 2. The Morgan fingerprint density at radius 1 is 0.947 bits per heavy atom. The average molecular weight is 252 g/mol. The molecule has 2 heteroatoms. The van der Waals surface area contributed by atoms with Gasteiger partial charge in [-0.2, -0.15) is 0 Å². The van der Waals surface area contributed by atoms with Crippen molar-refractivity contribution in [1.29, 1.82) is 0 Å². The van der Waals surface area contributed by atoms with Crippen LogP contribution in [0.3, 0.4) is 0 Å². The highest BCUT2D eigenvalue weighted by Crippen LogP contribution is 2.43. The standard InChI is InChI=1S/C17H20N2/c1-12-8-10-17(11-9-12)18-14-6-2-4-13-5-3-7-15(19-17)16(13)14/h2-7,12,18-19H,8-11H2,1H3. The van der Waals surface area contributed by atoms with Crippen LogP contribution in [0.2, 0.25) is 0 Å². The third-order valence-electron chi connectivity index (χ3n) is 4.78. The van der Waals surface area contributed by atoms with E-state index >= 15 is 0 Å². The Morgan fingerprint density at radius 2 is 1.53 bits per heavy atom. The zero-order valence-corrected chi connectivity index (χ0v) is 11.4. The summed E-state index contributed by atoms with van der Waals surface area (Å²) in [5.41, 5.74) is 2.66. The summed E-state index contributed by atoms with van der Waals surface area (Å²) in [5.74, 6) is 0.863. The van der Waals surface area contributed by atoms with Gasteiger partial charge in [-0.05, 0) is 49.1 Å². The van der Waals surface area contributed by atoms with Gasteiger partial charge < -0.3 is 10.6 Å². The van der Waals surface area contributed by atoms with Crippen LogP contribution in [-0.4, -0.2) is 5.66 Å². The second-order valence-corrected chi connectivity index (χ2v) is 6.22. The molecule has 0 radical (unpaired) electrons. The van der Waals surface area contributed by atoms with Crippen LogP contribution < -0.4 is 10.6 Å². The van der Waals surface area contributed by atoms with Crippen LogP contribution in [0.5, 0.6) is 0 Å². The highest BCUT2D eigenvalue weighted by Gasteiger charge is 2.37. The topological polar surface area (TPSA) is 24.1 Å². The molecular formula is C17H20N2. The Balaban J connectivity index is 1.80. The minimum absolute atomic E-state index is 0.0785. The largest absolute Gasteiger partial charge is 0.362 e. The fourth-order valence-corrected chi connectivity index (χ4v) is 3.60. The quantitative estimate of drug-likeness (QED) is 0.717. The van der Waals surface area contributed by atoms with Crippen LogP contribution in [0.4, 0.5) is 11.4 Å². The number of rotatable bonds is 0. The van der Waals surface area contributed by atoms with Crippen molar-refractivity contribution in [2.75, 3.05) is 10.6 Å². The molecule has 1 aliphatic heterocycles. The van der Waals surface area contributed by atoms with Gasteiger partial charge in [-0.25, -0.2) is 0 Å². The predicted molar refractivity (Wildman–Crippen MR) is 81.6 cm³/mol. The van der Waals surface area contributed by atoms with E-state index in [0.29, 0.717) is 0 Å². The third-order valence-corrected chi connectivity index (χ3v) is 4.78. The molecule has 2 aliphatic rings. The van der Waals surface area contributed by atoms with Gasteiger partial charge in [-0.15, -0.1) is 0 Å². The van der Waals surface area contributed by atoms with Crippen LogP contribution >= 0.6 is 0 Å². The Labute approximate surface area is 114 Å². The smallest absolute Gasteiger partial charge is 0.108 e. The van der Waals surface area contributed by atoms with Gasteiger partial charge in [0.2, 0.25) is 0 Å². The molecule has 4 rings (SSSR count). The first-order valence-corrected chi connectivity index (χ1v) is 7.34. The van der Waals surface area contributed by atoms with Gasteiger partial charge in [0, 0.05) is 16.8 Å². The molecule has 0 unspecified atom stereocenters. The molecule has 19 heavy (non-hydrogen) atoms. The average Bonchev–Trinajstić information content (AvgIpc) is 2.43. The fraction of sp³-hybridized carbons (Fsp3) is 0.412. The number of hydrogen-bond acceptors (Lipinski definition) is 2. The first kappa shape index (κ1) is 11.2. The molecule has 98 valence electrons. The molecule has 0 aromatic heterocycles. The zero-order valence-electron chi connectivity index (χ0n) is 11.4. The fourth-order valence-electron chi connectivity index (χ4n) is 3.60. The van der Waals surface area contributed by atoms with E-state index in [1.807, 2.05) is 0 Å². The van der Waals surface area contributed by atoms with Gasteiger partial charge in [0.15, 0.2) is 0 Å². The molecule has 2 nitrogen and oxygen atoms in total. The Hall–Kier alpha value is -1.70. The molecule has 1 aliphatic carbocycles. The molecule has 1 heterocycles. The normalized spacial score (nSPS) is 21.1. The minimum Gasteiger partial charge on any atom is -0.362 e. The van der Waals surface area contributed by atoms with E-state index in [1.54, 1.807) is 0 Å². The molecule has 0 atom stereocenters. The monoisotopic (exact) mass is 252 g/mol. The summed E-state index contributed by atoms with van der Waals surface area (Å²) in [6, 6.07) is 13.1. The molecule has 2 N–H and O–H groups in total. The number of nitrogens with one attached hydrogen (secondary N) is 2. The van der Waals surface area contributed by atoms with Crippen molar-refractivity contribution >= 4 is 22.1 Å². The maximum absolute atomic E-state index is 3.79. The SMILES string of the molecule is CC1CCC2(CC1)Nc1cccc3cccc(c13)N2. The summed E-state index contributed by atoms with van der Waals surface area (Å²) in [7, 11) is 0. The van der Waals surface area contributed by atoms with Gasteiger partial charge in [0.05, 0.1) is 0 Å². The van der Waals surface area contributed by atoms with Crippen molar-refractivity contribution in [2.45, 2.75) is 38.3 Å². The Bertz CT molecular complexity index is 581. The van der Waals surface area contributed by atoms with Crippen LogP contribution in [0.15, 0.2) is 36.4 Å². The Morgan fingerprint density at radius 3 is 2.11 bits per heavy atom. The summed E-state index contributed by atoms with van der Waals surface area (Å²) in [5, 5.41) is 10.2. The van der Waals surface area contributed by atoms with E-state index in [9.17, 15) is 0 Å². The first-order chi connectivity index (χ1) is 9.26. The molecule has 1 fully saturated rings. The highest BCUT2D eigenvalue weighted by atomic mass is 15.2. The molecule has 1 spiro atoms. The van der Waals surface area contributed by atoms with Gasteiger partial charge in [0.1, 0.15) is 5.66 Å². The summed E-state index contributed by atoms with van der Waals surface area (Å²) in [6.07, 6.45) is 5.02. The van der Waals surface area contributed by atoms with Crippen molar-refractivity contribution in [3.8, 4) is 0 Å². The van der Waals surface area contributed by atoms with Crippen LogP contribution in [0, 0.1) is 5.92 Å². The van der Waals surface area contributed by atoms with Gasteiger partial charge in [0.25, 0.3) is 0 Å². The second-order valence-electron chi connectivity index (χ2n) is 6.22. The van der Waals surface area contributed by atoms with E-state index < -0.39 is 0 Å². The van der Waals surface area contributed by atoms with Crippen molar-refractivity contribution in [1.82, 2.24) is 0 Å². The highest BCUT2D eigenvalue weighted by molar-refractivity contribution is 6.05. The molecule has 1 saturated carbocycles. The third kappa shape index (κ3) is 1.70. The lowest BCUT2D eigenvalue weighted by Crippen LogP contribution is -2.50. The lowest BCUT2D eigenvalue weighted by molar-refractivity contribution is 0.291. The molecule has 2 aromatic carbocycles. The zero-order chi connectivity index (χ0) is 12.9. The summed E-state index contributed by atoms with van der Waals surface area (Å²) < 4.78 is 0. The van der Waals surface area contributed by atoms with Gasteiger partial charge in [-0.1, -0.05) is 31.2 Å². The van der Waals surface area contributed by atoms with Crippen molar-refractivity contribution in [2.24, 2.45) is 5.92 Å². The minimum atomic E-state index is 0.0785. The van der Waals surface area contributed by atoms with E-state index in [-0.39, 0.29) is 5.66 Å². The van der Waals surface area contributed by atoms with Crippen molar-refractivity contribution < 1.29 is 0 Å². The lowest BCUT2D eigenvalue weighted by Gasteiger charge is -2.45. The molecule has 2 aromatic rings. The molecular weight excluding hydrogens is 232 g/mol. The molecule has 0 saturated heterocycles. The van der Waals surface area contributed by atoms with Gasteiger partial charge in [-0.3, -0.25) is 0 Å². The summed E-state index contributed by atoms with van der Waals surface area (Å²) >= 11 is 0. The lowest BCUT2D eigenvalue weighted by atomic mass is 9.81. The Kier molecular flexibility index (Phi) is 2.29. The van der Waals surface area contributed by atoms with E-state index in [1.165, 1.54) is 47.8 Å². The molecule has 0 bridgehead atoms. The van der Waals surface area contributed by atoms with Crippen LogP contribution in [0.25, 0.3) is 10.8 Å². The van der Waals surface area contributed by atoms with E-state index in [2.05, 4.69) is 54.0 Å². The summed E-state index contributed by atoms with van der Waals surface area (Å²) in [6.45, 7) is 2.37. The van der Waals surface area contributed by atoms with Crippen molar-refractivity contribution in [3.63, 3.8) is 0 Å². The second kappa shape index (κ2) is 3.89. The predicted octanol–water partition coefficient (Wildman–Crippen LogP) is 4.58. The van der Waals surface area contributed by atoms with E-state index in [0.717, 1.165) is 5.92 Å². The van der Waals surface area contributed by atoms with Crippen molar-refractivity contribution in [3.05, 3.63) is 36.4 Å². The number of hydrogen-bond donors (Lipinski definition) is 2. The van der Waals surface area contributed by atoms with Crippen LogP contribution in [-0.2, 0) is 0 Å². The maximum atomic E-state index is 3.79. The summed E-state index contributed by atoms with van der Waals surface area (Å²) in [4.78, 5) is 0. The van der Waals surface area contributed by atoms with E-state index in [4.69, 9.17) is 0 Å². The van der Waals surface area contributed by atoms with Gasteiger partial charge >= 0.3 is 0 Å². The van der Waals surface area contributed by atoms with Crippen LogP contribution in [0.1, 0.15) is 32.6 Å². The number of benzene rings is 2. The first-order valence-electron chi connectivity index (χ1n) is 7.34. The molecule has 0 amide bonds.